The van der Waals surface area contributed by atoms with Crippen LogP contribution in [0, 0.1) is 18.8 Å². The summed E-state index contributed by atoms with van der Waals surface area (Å²) in [7, 11) is 0. The average Bonchev–Trinajstić information content (AvgIpc) is 2.85. The molecular formula is C15H25ClN4O2. The van der Waals surface area contributed by atoms with E-state index in [1.54, 1.807) is 6.92 Å². The lowest BCUT2D eigenvalue weighted by molar-refractivity contribution is -0.129. The molecule has 6 nitrogen and oxygen atoms in total. The van der Waals surface area contributed by atoms with Crippen molar-refractivity contribution in [2.24, 2.45) is 11.8 Å². The highest BCUT2D eigenvalue weighted by atomic mass is 35.5. The van der Waals surface area contributed by atoms with Crippen LogP contribution in [0.25, 0.3) is 0 Å². The van der Waals surface area contributed by atoms with Crippen LogP contribution in [-0.2, 0) is 10.3 Å². The number of carbonyl (C=O) groups excluding carboxylic acids is 1. The summed E-state index contributed by atoms with van der Waals surface area (Å²) in [6, 6.07) is 0. The number of nitrogens with zero attached hydrogens (tertiary/aromatic N) is 2. The summed E-state index contributed by atoms with van der Waals surface area (Å²) in [6.45, 7) is 5.67. The van der Waals surface area contributed by atoms with Crippen molar-refractivity contribution < 1.29 is 9.32 Å². The van der Waals surface area contributed by atoms with Crippen LogP contribution in [0.3, 0.4) is 0 Å². The van der Waals surface area contributed by atoms with Crippen LogP contribution in [0.4, 0.5) is 0 Å². The second-order valence-corrected chi connectivity index (χ2v) is 6.48. The molecule has 0 spiro atoms. The van der Waals surface area contributed by atoms with E-state index < -0.39 is 5.54 Å². The number of amides is 1. The number of hydrogen-bond acceptors (Lipinski definition) is 5. The molecule has 7 heteroatoms. The molecule has 124 valence electrons. The molecule has 1 saturated carbocycles. The van der Waals surface area contributed by atoms with Crippen LogP contribution < -0.4 is 10.6 Å². The summed E-state index contributed by atoms with van der Waals surface area (Å²) in [5, 5.41) is 10.6. The summed E-state index contributed by atoms with van der Waals surface area (Å²) in [6.07, 6.45) is 5.18. The van der Waals surface area contributed by atoms with E-state index in [9.17, 15) is 4.79 Å². The molecular weight excluding hydrogens is 304 g/mol. The third-order valence-corrected chi connectivity index (χ3v) is 4.96. The number of aryl methyl sites for hydroxylation is 1. The maximum atomic E-state index is 12.6. The molecule has 0 radical (unpaired) electrons. The minimum absolute atomic E-state index is 0. The van der Waals surface area contributed by atoms with E-state index in [0.717, 1.165) is 38.8 Å². The Bertz CT molecular complexity index is 509. The summed E-state index contributed by atoms with van der Waals surface area (Å²) in [4.78, 5) is 17.0. The van der Waals surface area contributed by atoms with Gasteiger partial charge in [-0.05, 0) is 31.8 Å². The monoisotopic (exact) mass is 328 g/mol. The first-order chi connectivity index (χ1) is 10.1. The van der Waals surface area contributed by atoms with Gasteiger partial charge < -0.3 is 15.2 Å². The van der Waals surface area contributed by atoms with Crippen LogP contribution in [0.5, 0.6) is 0 Å². The summed E-state index contributed by atoms with van der Waals surface area (Å²) in [5.74, 6) is 1.79. The first-order valence-corrected chi connectivity index (χ1v) is 7.94. The predicted octanol–water partition coefficient (Wildman–Crippen LogP) is 1.93. The average molecular weight is 329 g/mol. The maximum Gasteiger partial charge on any atom is 0.224 e. The van der Waals surface area contributed by atoms with Crippen molar-refractivity contribution in [2.75, 3.05) is 13.1 Å². The van der Waals surface area contributed by atoms with Crippen LogP contribution in [0.2, 0.25) is 0 Å². The van der Waals surface area contributed by atoms with Crippen LogP contribution in [0.15, 0.2) is 4.52 Å². The Hall–Kier alpha value is -1.14. The Kier molecular flexibility index (Phi) is 5.45. The lowest BCUT2D eigenvalue weighted by Gasteiger charge is -2.38. The van der Waals surface area contributed by atoms with Crippen molar-refractivity contribution in [1.82, 2.24) is 20.8 Å². The Labute approximate surface area is 137 Å². The molecule has 1 amide bonds. The van der Waals surface area contributed by atoms with Gasteiger partial charge >= 0.3 is 0 Å². The smallest absolute Gasteiger partial charge is 0.224 e. The van der Waals surface area contributed by atoms with E-state index in [1.165, 1.54) is 6.42 Å². The number of aromatic nitrogens is 2. The molecule has 1 aliphatic heterocycles. The van der Waals surface area contributed by atoms with E-state index in [1.807, 2.05) is 6.92 Å². The van der Waals surface area contributed by atoms with Gasteiger partial charge in [-0.15, -0.1) is 12.4 Å². The molecule has 2 heterocycles. The van der Waals surface area contributed by atoms with E-state index in [0.29, 0.717) is 17.6 Å². The zero-order valence-corrected chi connectivity index (χ0v) is 14.0. The SMILES string of the molecule is Cc1nc(C2(NC(=O)C(C)C3CNC3)CCCCC2)no1.Cl. The maximum absolute atomic E-state index is 12.6. The minimum Gasteiger partial charge on any atom is -0.343 e. The highest BCUT2D eigenvalue weighted by Crippen LogP contribution is 2.36. The minimum atomic E-state index is -0.432. The van der Waals surface area contributed by atoms with Gasteiger partial charge in [-0.25, -0.2) is 0 Å². The van der Waals surface area contributed by atoms with Gasteiger partial charge in [0.15, 0.2) is 5.82 Å². The molecule has 1 unspecified atom stereocenters. The fourth-order valence-electron chi connectivity index (χ4n) is 3.28. The third-order valence-electron chi connectivity index (χ3n) is 4.96. The van der Waals surface area contributed by atoms with Gasteiger partial charge in [0.1, 0.15) is 5.54 Å². The molecule has 22 heavy (non-hydrogen) atoms. The Morgan fingerprint density at radius 1 is 1.36 bits per heavy atom. The number of rotatable bonds is 4. The molecule has 3 rings (SSSR count). The van der Waals surface area contributed by atoms with Crippen molar-refractivity contribution >= 4 is 18.3 Å². The topological polar surface area (TPSA) is 80.0 Å². The summed E-state index contributed by atoms with van der Waals surface area (Å²) >= 11 is 0. The molecule has 2 aliphatic rings. The molecule has 1 aromatic heterocycles. The van der Waals surface area contributed by atoms with Gasteiger partial charge in [0.2, 0.25) is 11.8 Å². The quantitative estimate of drug-likeness (QED) is 0.882. The lowest BCUT2D eigenvalue weighted by Crippen LogP contribution is -2.54. The fourth-order valence-corrected chi connectivity index (χ4v) is 3.28. The Morgan fingerprint density at radius 2 is 2.05 bits per heavy atom. The van der Waals surface area contributed by atoms with Gasteiger partial charge in [-0.1, -0.05) is 31.3 Å². The normalized spacial score (nSPS) is 22.3. The van der Waals surface area contributed by atoms with Crippen molar-refractivity contribution in [1.29, 1.82) is 0 Å². The Morgan fingerprint density at radius 3 is 2.55 bits per heavy atom. The predicted molar refractivity (Wildman–Crippen MR) is 84.7 cm³/mol. The van der Waals surface area contributed by atoms with E-state index in [-0.39, 0.29) is 24.2 Å². The van der Waals surface area contributed by atoms with Crippen molar-refractivity contribution in [2.45, 2.75) is 51.5 Å². The van der Waals surface area contributed by atoms with Gasteiger partial charge in [0.25, 0.3) is 0 Å². The van der Waals surface area contributed by atoms with E-state index in [2.05, 4.69) is 20.8 Å². The number of carbonyl (C=O) groups is 1. The van der Waals surface area contributed by atoms with Crippen molar-refractivity contribution in [3.8, 4) is 0 Å². The first-order valence-electron chi connectivity index (χ1n) is 7.94. The molecule has 0 bridgehead atoms. The van der Waals surface area contributed by atoms with Crippen molar-refractivity contribution in [3.63, 3.8) is 0 Å². The first kappa shape index (κ1) is 17.2. The van der Waals surface area contributed by atoms with Gasteiger partial charge in [-0.2, -0.15) is 4.98 Å². The van der Waals surface area contributed by atoms with Crippen LogP contribution in [0.1, 0.15) is 50.7 Å². The second kappa shape index (κ2) is 6.96. The molecule has 2 N–H and O–H groups in total. The molecule has 1 atom stereocenters. The van der Waals surface area contributed by atoms with Gasteiger partial charge in [-0.3, -0.25) is 4.79 Å². The van der Waals surface area contributed by atoms with Gasteiger partial charge in [0.05, 0.1) is 0 Å². The summed E-state index contributed by atoms with van der Waals surface area (Å²) in [5.41, 5.74) is -0.432. The second-order valence-electron chi connectivity index (χ2n) is 6.48. The largest absolute Gasteiger partial charge is 0.343 e. The highest BCUT2D eigenvalue weighted by Gasteiger charge is 2.41. The molecule has 1 saturated heterocycles. The lowest BCUT2D eigenvalue weighted by atomic mass is 9.79. The van der Waals surface area contributed by atoms with Crippen LogP contribution >= 0.6 is 12.4 Å². The zero-order chi connectivity index (χ0) is 14.9. The molecule has 1 aromatic rings. The molecule has 0 aromatic carbocycles. The van der Waals surface area contributed by atoms with Gasteiger partial charge in [0, 0.05) is 12.8 Å². The highest BCUT2D eigenvalue weighted by molar-refractivity contribution is 5.85. The third kappa shape index (κ3) is 3.27. The Balaban J connectivity index is 0.00000176. The molecule has 1 aliphatic carbocycles. The number of nitrogens with one attached hydrogen (secondary N) is 2. The molecule has 2 fully saturated rings. The number of hydrogen-bond donors (Lipinski definition) is 2. The number of halogens is 1. The zero-order valence-electron chi connectivity index (χ0n) is 13.2. The van der Waals surface area contributed by atoms with E-state index in [4.69, 9.17) is 4.52 Å². The van der Waals surface area contributed by atoms with Crippen LogP contribution in [-0.4, -0.2) is 29.1 Å². The fraction of sp³-hybridized carbons (Fsp3) is 0.800. The standard InChI is InChI=1S/C15H24N4O2.ClH/c1-10(12-8-16-9-12)13(20)18-15(6-4-3-5-7-15)14-17-11(2)21-19-14;/h10,12,16H,3-9H2,1-2H3,(H,18,20);1H. The van der Waals surface area contributed by atoms with Crippen molar-refractivity contribution in [3.05, 3.63) is 11.7 Å². The van der Waals surface area contributed by atoms with E-state index >= 15 is 0 Å². The summed E-state index contributed by atoms with van der Waals surface area (Å²) < 4.78 is 5.14.